The zero-order valence-electron chi connectivity index (χ0n) is 21.8. The molecular weight excluding hydrogens is 534 g/mol. The van der Waals surface area contributed by atoms with E-state index in [1.54, 1.807) is 30.5 Å². The third-order valence-corrected chi connectivity index (χ3v) is 6.78. The van der Waals surface area contributed by atoms with E-state index in [-0.39, 0.29) is 24.3 Å². The van der Waals surface area contributed by atoms with E-state index in [1.807, 2.05) is 18.2 Å². The Kier molecular flexibility index (Phi) is 8.50. The number of aromatic amines is 1. The van der Waals surface area contributed by atoms with Crippen LogP contribution >= 0.6 is 11.6 Å². The average Bonchev–Trinajstić information content (AvgIpc) is 3.66. The van der Waals surface area contributed by atoms with Gasteiger partial charge < -0.3 is 19.8 Å². The maximum absolute atomic E-state index is 13.0. The first-order valence-corrected chi connectivity index (χ1v) is 13.3. The topological polar surface area (TPSA) is 137 Å². The van der Waals surface area contributed by atoms with E-state index in [0.29, 0.717) is 40.9 Å². The fraction of sp³-hybridized carbons (Fsp3) is 0.286. The number of fused-ring (bicyclic) bond motifs is 4. The zero-order valence-corrected chi connectivity index (χ0v) is 22.6. The number of hydrogen-bond donors (Lipinski definition) is 2. The number of amides is 1. The summed E-state index contributed by atoms with van der Waals surface area (Å²) in [5, 5.41) is 14.9. The summed E-state index contributed by atoms with van der Waals surface area (Å²) in [5.74, 6) is 0.736. The van der Waals surface area contributed by atoms with E-state index < -0.39 is 0 Å². The SMILES string of the molecule is COC(=O)Cc1ccc2c(c1)OCCCCC[C@H](NC(=O)/C=C/c1cc(Cl)ccc1-n1cnnn1)c1ncc-2[nH]1. The molecular formula is C28H28ClN7O4. The van der Waals surface area contributed by atoms with Crippen molar-refractivity contribution in [3.63, 3.8) is 0 Å². The number of benzene rings is 2. The van der Waals surface area contributed by atoms with Gasteiger partial charge in [-0.05, 0) is 71.7 Å². The Morgan fingerprint density at radius 1 is 1.23 bits per heavy atom. The first-order valence-electron chi connectivity index (χ1n) is 12.9. The molecule has 206 valence electrons. The van der Waals surface area contributed by atoms with Crippen molar-refractivity contribution in [3.8, 4) is 22.7 Å². The predicted octanol–water partition coefficient (Wildman–Crippen LogP) is 4.24. The van der Waals surface area contributed by atoms with Gasteiger partial charge >= 0.3 is 5.97 Å². The third kappa shape index (κ3) is 6.55. The van der Waals surface area contributed by atoms with Crippen molar-refractivity contribution in [3.05, 3.63) is 77.0 Å². The molecule has 2 N–H and O–H groups in total. The molecule has 0 spiro atoms. The third-order valence-electron chi connectivity index (χ3n) is 6.55. The molecule has 11 nitrogen and oxygen atoms in total. The molecule has 2 aromatic carbocycles. The second-order valence-electron chi connectivity index (χ2n) is 9.32. The van der Waals surface area contributed by atoms with Gasteiger partial charge in [0.2, 0.25) is 5.91 Å². The highest BCUT2D eigenvalue weighted by Crippen LogP contribution is 2.32. The normalized spacial score (nSPS) is 15.4. The largest absolute Gasteiger partial charge is 0.493 e. The van der Waals surface area contributed by atoms with Crippen LogP contribution in [0.1, 0.15) is 48.7 Å². The number of H-pyrrole nitrogens is 1. The minimum atomic E-state index is -0.313. The number of nitrogens with zero attached hydrogens (tertiary/aromatic N) is 5. The summed E-state index contributed by atoms with van der Waals surface area (Å²) in [5.41, 5.74) is 3.77. The Bertz CT molecular complexity index is 1520. The van der Waals surface area contributed by atoms with E-state index in [1.165, 1.54) is 24.2 Å². The van der Waals surface area contributed by atoms with Gasteiger partial charge in [-0.1, -0.05) is 24.1 Å². The summed E-state index contributed by atoms with van der Waals surface area (Å²) in [7, 11) is 1.37. The van der Waals surface area contributed by atoms with Crippen molar-refractivity contribution < 1.29 is 19.1 Å². The molecule has 40 heavy (non-hydrogen) atoms. The Balaban J connectivity index is 1.36. The molecule has 0 fully saturated rings. The number of methoxy groups -OCH3 is 1. The Hall–Kier alpha value is -4.51. The molecule has 12 heteroatoms. The van der Waals surface area contributed by atoms with Crippen LogP contribution < -0.4 is 10.1 Å². The average molecular weight is 562 g/mol. The van der Waals surface area contributed by atoms with Crippen molar-refractivity contribution in [2.24, 2.45) is 0 Å². The summed E-state index contributed by atoms with van der Waals surface area (Å²) < 4.78 is 12.4. The van der Waals surface area contributed by atoms with Gasteiger partial charge in [0.05, 0.1) is 43.8 Å². The Morgan fingerprint density at radius 3 is 2.95 bits per heavy atom. The maximum atomic E-state index is 13.0. The van der Waals surface area contributed by atoms with Gasteiger partial charge in [0.1, 0.15) is 17.9 Å². The number of hydrogen-bond acceptors (Lipinski definition) is 8. The monoisotopic (exact) mass is 561 g/mol. The summed E-state index contributed by atoms with van der Waals surface area (Å²) >= 11 is 6.20. The number of rotatable bonds is 6. The molecule has 0 radical (unpaired) electrons. The van der Waals surface area contributed by atoms with Crippen LogP contribution in [0.15, 0.2) is 55.0 Å². The van der Waals surface area contributed by atoms with Crippen molar-refractivity contribution in [1.29, 1.82) is 0 Å². The molecule has 2 bridgehead atoms. The molecule has 5 rings (SSSR count). The number of aromatic nitrogens is 6. The maximum Gasteiger partial charge on any atom is 0.309 e. The summed E-state index contributed by atoms with van der Waals surface area (Å²) in [6.45, 7) is 0.540. The lowest BCUT2D eigenvalue weighted by atomic mass is 10.0. The van der Waals surface area contributed by atoms with Crippen LogP contribution in [0.3, 0.4) is 0 Å². The molecule has 0 unspecified atom stereocenters. The number of nitrogens with one attached hydrogen (secondary N) is 2. The number of carbonyl (C=O) groups is 2. The minimum Gasteiger partial charge on any atom is -0.493 e. The van der Waals surface area contributed by atoms with Crippen molar-refractivity contribution >= 4 is 29.6 Å². The second kappa shape index (κ2) is 12.6. The van der Waals surface area contributed by atoms with Crippen LogP contribution in [0.25, 0.3) is 23.0 Å². The first kappa shape index (κ1) is 27.1. The highest BCUT2D eigenvalue weighted by Gasteiger charge is 2.20. The summed E-state index contributed by atoms with van der Waals surface area (Å²) in [4.78, 5) is 32.7. The zero-order chi connectivity index (χ0) is 27.9. The molecule has 0 saturated heterocycles. The van der Waals surface area contributed by atoms with Gasteiger partial charge in [-0.2, -0.15) is 4.68 Å². The summed E-state index contributed by atoms with van der Waals surface area (Å²) in [6, 6.07) is 10.6. The van der Waals surface area contributed by atoms with Crippen LogP contribution in [-0.2, 0) is 20.7 Å². The number of carbonyl (C=O) groups excluding carboxylic acids is 2. The highest BCUT2D eigenvalue weighted by atomic mass is 35.5. The molecule has 3 heterocycles. The fourth-order valence-corrected chi connectivity index (χ4v) is 4.70. The Morgan fingerprint density at radius 2 is 2.12 bits per heavy atom. The van der Waals surface area contributed by atoms with Crippen LogP contribution in [-0.4, -0.2) is 55.8 Å². The molecule has 2 aromatic heterocycles. The van der Waals surface area contributed by atoms with Gasteiger partial charge in [0.15, 0.2) is 0 Å². The van der Waals surface area contributed by atoms with Gasteiger partial charge in [0, 0.05) is 22.2 Å². The smallest absolute Gasteiger partial charge is 0.309 e. The number of esters is 1. The van der Waals surface area contributed by atoms with E-state index in [2.05, 4.69) is 30.8 Å². The van der Waals surface area contributed by atoms with Crippen molar-refractivity contribution in [2.45, 2.75) is 38.1 Å². The second-order valence-corrected chi connectivity index (χ2v) is 9.75. The van der Waals surface area contributed by atoms with Gasteiger partial charge in [0.25, 0.3) is 0 Å². The number of ether oxygens (including phenoxy) is 2. The van der Waals surface area contributed by atoms with Gasteiger partial charge in [-0.25, -0.2) is 4.98 Å². The molecule has 0 aliphatic carbocycles. The lowest BCUT2D eigenvalue weighted by Crippen LogP contribution is -2.27. The minimum absolute atomic E-state index is 0.162. The quantitative estimate of drug-likeness (QED) is 0.263. The molecule has 0 saturated carbocycles. The first-order chi connectivity index (χ1) is 19.5. The van der Waals surface area contributed by atoms with E-state index >= 15 is 0 Å². The van der Waals surface area contributed by atoms with Crippen molar-refractivity contribution in [2.75, 3.05) is 13.7 Å². The molecule has 1 amide bonds. The molecule has 1 aliphatic rings. The molecule has 4 aromatic rings. The highest BCUT2D eigenvalue weighted by molar-refractivity contribution is 6.30. The number of imidazole rings is 1. The van der Waals surface area contributed by atoms with Crippen molar-refractivity contribution in [1.82, 2.24) is 35.5 Å². The van der Waals surface area contributed by atoms with Crippen LogP contribution in [0, 0.1) is 0 Å². The fourth-order valence-electron chi connectivity index (χ4n) is 4.52. The number of halogens is 1. The van der Waals surface area contributed by atoms with Gasteiger partial charge in [-0.3, -0.25) is 9.59 Å². The van der Waals surface area contributed by atoms with Crippen LogP contribution in [0.2, 0.25) is 5.02 Å². The lowest BCUT2D eigenvalue weighted by molar-refractivity contribution is -0.139. The van der Waals surface area contributed by atoms with E-state index in [0.717, 1.165) is 36.1 Å². The van der Waals surface area contributed by atoms with E-state index in [4.69, 9.17) is 21.1 Å². The molecule has 1 atom stereocenters. The van der Waals surface area contributed by atoms with Crippen LogP contribution in [0.4, 0.5) is 0 Å². The number of tetrazole rings is 1. The standard InChI is InChI=1S/C28H28ClN7O4/c1-39-27(38)14-18-6-9-21-23-16-30-28(33-23)22(5-3-2-4-12-40-25(21)13-18)32-26(37)11-7-19-15-20(29)8-10-24(19)36-17-31-34-35-36/h6-11,13,15-17,22H,2-5,12,14H2,1H3,(H,30,33)(H,32,37)/b11-7+/t22-/m0/s1. The van der Waals surface area contributed by atoms with E-state index in [9.17, 15) is 9.59 Å². The Labute approximate surface area is 235 Å². The lowest BCUT2D eigenvalue weighted by Gasteiger charge is -2.17. The van der Waals surface area contributed by atoms with Gasteiger partial charge in [-0.15, -0.1) is 5.10 Å². The summed E-state index contributed by atoms with van der Waals surface area (Å²) in [6.07, 6.45) is 9.88. The van der Waals surface area contributed by atoms with Crippen LogP contribution in [0.5, 0.6) is 5.75 Å². The molecule has 1 aliphatic heterocycles. The predicted molar refractivity (Wildman–Crippen MR) is 148 cm³/mol.